The number of hydrogen-bond acceptors (Lipinski definition) is 2. The standard InChI is InChI=1S/C9H13ClN2O/c1-3-7(4-2)12-6-11-8(10)5-9(12)13/h5-7H,3-4H2,1-2H3. The Morgan fingerprint density at radius 3 is 2.62 bits per heavy atom. The van der Waals surface area contributed by atoms with Crippen molar-refractivity contribution in [2.24, 2.45) is 0 Å². The molecule has 0 saturated carbocycles. The first-order chi connectivity index (χ1) is 6.19. The molecule has 0 bridgehead atoms. The summed E-state index contributed by atoms with van der Waals surface area (Å²) in [4.78, 5) is 15.3. The van der Waals surface area contributed by atoms with Gasteiger partial charge in [-0.3, -0.25) is 9.36 Å². The first kappa shape index (κ1) is 10.3. The second kappa shape index (κ2) is 4.42. The third-order valence-corrected chi connectivity index (χ3v) is 2.35. The minimum atomic E-state index is -0.0753. The van der Waals surface area contributed by atoms with Crippen LogP contribution in [0.15, 0.2) is 17.2 Å². The molecule has 1 aromatic heterocycles. The lowest BCUT2D eigenvalue weighted by Crippen LogP contribution is -2.23. The van der Waals surface area contributed by atoms with Gasteiger partial charge in [-0.05, 0) is 12.8 Å². The van der Waals surface area contributed by atoms with Crippen LogP contribution in [0.25, 0.3) is 0 Å². The highest BCUT2D eigenvalue weighted by Gasteiger charge is 2.07. The molecule has 4 heteroatoms. The van der Waals surface area contributed by atoms with Crippen LogP contribution in [0.4, 0.5) is 0 Å². The van der Waals surface area contributed by atoms with Crippen LogP contribution < -0.4 is 5.56 Å². The lowest BCUT2D eigenvalue weighted by atomic mass is 10.2. The predicted molar refractivity (Wildman–Crippen MR) is 53.1 cm³/mol. The Hall–Kier alpha value is -0.830. The topological polar surface area (TPSA) is 34.9 Å². The van der Waals surface area contributed by atoms with E-state index >= 15 is 0 Å². The highest BCUT2D eigenvalue weighted by molar-refractivity contribution is 6.29. The summed E-state index contributed by atoms with van der Waals surface area (Å²) in [5.41, 5.74) is -0.0753. The molecule has 0 aromatic carbocycles. The second-order valence-electron chi connectivity index (χ2n) is 2.93. The first-order valence-corrected chi connectivity index (χ1v) is 4.80. The van der Waals surface area contributed by atoms with E-state index in [1.165, 1.54) is 12.4 Å². The van der Waals surface area contributed by atoms with Crippen LogP contribution in [0.2, 0.25) is 5.15 Å². The molecule has 0 amide bonds. The van der Waals surface area contributed by atoms with Crippen molar-refractivity contribution in [3.63, 3.8) is 0 Å². The maximum Gasteiger partial charge on any atom is 0.255 e. The number of hydrogen-bond donors (Lipinski definition) is 0. The van der Waals surface area contributed by atoms with E-state index in [0.29, 0.717) is 0 Å². The van der Waals surface area contributed by atoms with Gasteiger partial charge in [-0.1, -0.05) is 25.4 Å². The van der Waals surface area contributed by atoms with Crippen LogP contribution in [-0.2, 0) is 0 Å². The van der Waals surface area contributed by atoms with Gasteiger partial charge in [-0.2, -0.15) is 0 Å². The van der Waals surface area contributed by atoms with Gasteiger partial charge in [0.2, 0.25) is 0 Å². The third-order valence-electron chi connectivity index (χ3n) is 2.14. The fraction of sp³-hybridized carbons (Fsp3) is 0.556. The van der Waals surface area contributed by atoms with E-state index in [2.05, 4.69) is 18.8 Å². The molecule has 0 spiro atoms. The Balaban J connectivity index is 3.07. The molecule has 0 fully saturated rings. The monoisotopic (exact) mass is 200 g/mol. The van der Waals surface area contributed by atoms with Gasteiger partial charge in [0.15, 0.2) is 0 Å². The third kappa shape index (κ3) is 2.31. The molecule has 0 N–H and O–H groups in total. The smallest absolute Gasteiger partial charge is 0.255 e. The van der Waals surface area contributed by atoms with E-state index in [1.807, 2.05) is 0 Å². The highest BCUT2D eigenvalue weighted by Crippen LogP contribution is 2.12. The SMILES string of the molecule is CCC(CC)n1cnc(Cl)cc1=O. The van der Waals surface area contributed by atoms with Crippen molar-refractivity contribution in [2.45, 2.75) is 32.7 Å². The molecule has 1 aromatic rings. The van der Waals surface area contributed by atoms with Crippen molar-refractivity contribution >= 4 is 11.6 Å². The molecule has 0 aliphatic rings. The van der Waals surface area contributed by atoms with Gasteiger partial charge in [0.1, 0.15) is 5.15 Å². The molecule has 0 unspecified atom stereocenters. The Labute approximate surface area is 82.4 Å². The Bertz CT molecular complexity index is 331. The second-order valence-corrected chi connectivity index (χ2v) is 3.31. The van der Waals surface area contributed by atoms with Crippen LogP contribution in [0, 0.1) is 0 Å². The average molecular weight is 201 g/mol. The van der Waals surface area contributed by atoms with Gasteiger partial charge in [-0.25, -0.2) is 4.98 Å². The van der Waals surface area contributed by atoms with E-state index in [4.69, 9.17) is 11.6 Å². The van der Waals surface area contributed by atoms with Crippen LogP contribution in [-0.4, -0.2) is 9.55 Å². The molecule has 1 rings (SSSR count). The van der Waals surface area contributed by atoms with Crippen LogP contribution in [0.1, 0.15) is 32.7 Å². The van der Waals surface area contributed by atoms with Gasteiger partial charge < -0.3 is 0 Å². The van der Waals surface area contributed by atoms with Crippen molar-refractivity contribution < 1.29 is 0 Å². The molecule has 3 nitrogen and oxygen atoms in total. The summed E-state index contributed by atoms with van der Waals surface area (Å²) in [5.74, 6) is 0. The van der Waals surface area contributed by atoms with Gasteiger partial charge in [-0.15, -0.1) is 0 Å². The lowest BCUT2D eigenvalue weighted by molar-refractivity contribution is 0.452. The molecule has 13 heavy (non-hydrogen) atoms. The fourth-order valence-electron chi connectivity index (χ4n) is 1.34. The van der Waals surface area contributed by atoms with Crippen LogP contribution in [0.3, 0.4) is 0 Å². The summed E-state index contributed by atoms with van der Waals surface area (Å²) in [7, 11) is 0. The van der Waals surface area contributed by atoms with Crippen molar-refractivity contribution in [3.8, 4) is 0 Å². The average Bonchev–Trinajstić information content (AvgIpc) is 2.10. The summed E-state index contributed by atoms with van der Waals surface area (Å²) in [6.45, 7) is 4.10. The van der Waals surface area contributed by atoms with Crippen molar-refractivity contribution in [3.05, 3.63) is 27.9 Å². The van der Waals surface area contributed by atoms with E-state index in [1.54, 1.807) is 4.57 Å². The molecule has 0 radical (unpaired) electrons. The normalized spacial score (nSPS) is 10.8. The van der Waals surface area contributed by atoms with E-state index in [9.17, 15) is 4.79 Å². The van der Waals surface area contributed by atoms with E-state index < -0.39 is 0 Å². The minimum Gasteiger partial charge on any atom is -0.296 e. The lowest BCUT2D eigenvalue weighted by Gasteiger charge is -2.14. The van der Waals surface area contributed by atoms with Crippen LogP contribution >= 0.6 is 11.6 Å². The largest absolute Gasteiger partial charge is 0.296 e. The summed E-state index contributed by atoms with van der Waals surface area (Å²) >= 11 is 5.58. The molecule has 0 saturated heterocycles. The highest BCUT2D eigenvalue weighted by atomic mass is 35.5. The molecule has 0 aliphatic carbocycles. The molecule has 0 atom stereocenters. The summed E-state index contributed by atoms with van der Waals surface area (Å²) in [5, 5.41) is 0.257. The van der Waals surface area contributed by atoms with Crippen molar-refractivity contribution in [1.82, 2.24) is 9.55 Å². The van der Waals surface area contributed by atoms with Crippen molar-refractivity contribution in [1.29, 1.82) is 0 Å². The van der Waals surface area contributed by atoms with Gasteiger partial charge in [0.05, 0.1) is 6.33 Å². The van der Waals surface area contributed by atoms with E-state index in [-0.39, 0.29) is 16.8 Å². The summed E-state index contributed by atoms with van der Waals surface area (Å²) < 4.78 is 1.63. The molecule has 0 aliphatic heterocycles. The number of halogens is 1. The molecule has 1 heterocycles. The van der Waals surface area contributed by atoms with Crippen molar-refractivity contribution in [2.75, 3.05) is 0 Å². The Morgan fingerprint density at radius 2 is 2.15 bits per heavy atom. The molecular weight excluding hydrogens is 188 g/mol. The quantitative estimate of drug-likeness (QED) is 0.702. The van der Waals surface area contributed by atoms with Crippen LogP contribution in [0.5, 0.6) is 0 Å². The fourth-order valence-corrected chi connectivity index (χ4v) is 1.48. The first-order valence-electron chi connectivity index (χ1n) is 4.42. The Morgan fingerprint density at radius 1 is 1.54 bits per heavy atom. The number of aromatic nitrogens is 2. The number of nitrogens with zero attached hydrogens (tertiary/aromatic N) is 2. The Kier molecular flexibility index (Phi) is 3.48. The predicted octanol–water partition coefficient (Wildman–Crippen LogP) is 2.26. The molecule has 72 valence electrons. The maximum absolute atomic E-state index is 11.4. The summed E-state index contributed by atoms with van der Waals surface area (Å²) in [6.07, 6.45) is 3.38. The van der Waals surface area contributed by atoms with E-state index in [0.717, 1.165) is 12.8 Å². The zero-order valence-corrected chi connectivity index (χ0v) is 8.58. The minimum absolute atomic E-state index is 0.0753. The zero-order valence-electron chi connectivity index (χ0n) is 7.83. The maximum atomic E-state index is 11.4. The zero-order chi connectivity index (χ0) is 9.84. The van der Waals surface area contributed by atoms with Gasteiger partial charge in [0, 0.05) is 12.1 Å². The summed E-state index contributed by atoms with van der Waals surface area (Å²) in [6, 6.07) is 1.58. The van der Waals surface area contributed by atoms with Gasteiger partial charge >= 0.3 is 0 Å². The molecular formula is C9H13ClN2O. The number of rotatable bonds is 3. The van der Waals surface area contributed by atoms with Gasteiger partial charge in [0.25, 0.3) is 5.56 Å².